The lowest BCUT2D eigenvalue weighted by Gasteiger charge is -2.38. The quantitative estimate of drug-likeness (QED) is 0.266. The number of carbonyl (C=O) groups is 2. The van der Waals surface area contributed by atoms with E-state index in [0.717, 1.165) is 30.0 Å². The Labute approximate surface area is 235 Å². The number of ether oxygens (including phenoxy) is 1. The first-order valence-corrected chi connectivity index (χ1v) is 13.6. The summed E-state index contributed by atoms with van der Waals surface area (Å²) in [6.07, 6.45) is 2.84. The number of aryl methyl sites for hydroxylation is 1. The number of amides is 2. The van der Waals surface area contributed by atoms with Crippen LogP contribution in [0.5, 0.6) is 5.75 Å². The smallest absolute Gasteiger partial charge is 0.247 e. The molecule has 0 radical (unpaired) electrons. The molecule has 2 fully saturated rings. The van der Waals surface area contributed by atoms with Gasteiger partial charge in [-0.05, 0) is 73.2 Å². The minimum absolute atomic E-state index is 0.00345. The fourth-order valence-electron chi connectivity index (χ4n) is 4.85. The lowest BCUT2D eigenvalue weighted by molar-refractivity contribution is -0.136. The molecule has 10 heteroatoms. The molecule has 0 unspecified atom stereocenters. The van der Waals surface area contributed by atoms with Crippen molar-refractivity contribution >= 4 is 29.1 Å². The van der Waals surface area contributed by atoms with Gasteiger partial charge in [0.1, 0.15) is 6.04 Å². The van der Waals surface area contributed by atoms with Crippen molar-refractivity contribution < 1.29 is 27.5 Å². The monoisotopic (exact) mass is 571 g/mol. The maximum Gasteiger partial charge on any atom is 0.247 e. The predicted octanol–water partition coefficient (Wildman–Crippen LogP) is 5.26. The topological polar surface area (TPSA) is 61.9 Å². The average Bonchev–Trinajstić information content (AvgIpc) is 3.80. The maximum atomic E-state index is 13.8. The van der Waals surface area contributed by atoms with Crippen LogP contribution in [-0.2, 0) is 22.6 Å². The van der Waals surface area contributed by atoms with Gasteiger partial charge in [0.05, 0.1) is 13.2 Å². The molecule has 2 aliphatic rings. The molecule has 1 atom stereocenters. The van der Waals surface area contributed by atoms with Crippen molar-refractivity contribution in [2.75, 3.05) is 24.6 Å². The first-order valence-electron chi connectivity index (χ1n) is 13.2. The summed E-state index contributed by atoms with van der Waals surface area (Å²) in [4.78, 5) is 30.2. The van der Waals surface area contributed by atoms with Crippen molar-refractivity contribution in [1.82, 2.24) is 10.2 Å². The molecule has 1 N–H and O–H groups in total. The normalized spacial score (nSPS) is 17.1. The molecule has 210 valence electrons. The van der Waals surface area contributed by atoms with E-state index in [1.807, 2.05) is 29.2 Å². The third kappa shape index (κ3) is 6.42. The number of rotatable bonds is 10. The fourth-order valence-corrected chi connectivity index (χ4v) is 4.98. The molecule has 1 saturated carbocycles. The van der Waals surface area contributed by atoms with Crippen LogP contribution >= 0.6 is 11.6 Å². The van der Waals surface area contributed by atoms with E-state index in [1.54, 1.807) is 29.2 Å². The Kier molecular flexibility index (Phi) is 8.61. The number of hydrogen-bond acceptors (Lipinski definition) is 4. The van der Waals surface area contributed by atoms with Gasteiger partial charge in [-0.3, -0.25) is 14.5 Å². The van der Waals surface area contributed by atoms with Crippen LogP contribution in [0.25, 0.3) is 0 Å². The largest absolute Gasteiger partial charge is 0.488 e. The molecule has 0 aromatic heterocycles. The average molecular weight is 572 g/mol. The summed E-state index contributed by atoms with van der Waals surface area (Å²) in [5.41, 5.74) is 2.51. The summed E-state index contributed by atoms with van der Waals surface area (Å²) in [6.45, 7) is 0.928. The van der Waals surface area contributed by atoms with Crippen LogP contribution in [0.4, 0.5) is 18.9 Å². The summed E-state index contributed by atoms with van der Waals surface area (Å²) >= 11 is 6.02. The first-order chi connectivity index (χ1) is 19.3. The lowest BCUT2D eigenvalue weighted by Crippen LogP contribution is -2.61. The zero-order valence-electron chi connectivity index (χ0n) is 21.7. The Morgan fingerprint density at radius 2 is 1.65 bits per heavy atom. The highest BCUT2D eigenvalue weighted by molar-refractivity contribution is 6.30. The minimum atomic E-state index is -1.34. The van der Waals surface area contributed by atoms with E-state index < -0.39 is 29.2 Å². The Bertz CT molecular complexity index is 1370. The van der Waals surface area contributed by atoms with Gasteiger partial charge in [-0.15, -0.1) is 0 Å². The van der Waals surface area contributed by atoms with Gasteiger partial charge in [0.2, 0.25) is 17.6 Å². The molecule has 3 aromatic rings. The van der Waals surface area contributed by atoms with Crippen LogP contribution in [0.15, 0.2) is 60.7 Å². The van der Waals surface area contributed by atoms with E-state index in [9.17, 15) is 22.8 Å². The van der Waals surface area contributed by atoms with E-state index >= 15 is 0 Å². The highest BCUT2D eigenvalue weighted by atomic mass is 35.5. The highest BCUT2D eigenvalue weighted by Crippen LogP contribution is 2.31. The zero-order valence-corrected chi connectivity index (χ0v) is 22.5. The molecule has 6 nitrogen and oxygen atoms in total. The van der Waals surface area contributed by atoms with Crippen molar-refractivity contribution in [3.63, 3.8) is 0 Å². The number of nitrogens with one attached hydrogen (secondary N) is 1. The van der Waals surface area contributed by atoms with Crippen molar-refractivity contribution in [3.05, 3.63) is 94.3 Å². The summed E-state index contributed by atoms with van der Waals surface area (Å²) in [6, 6.07) is 15.7. The van der Waals surface area contributed by atoms with Crippen molar-refractivity contribution in [2.45, 2.75) is 44.3 Å². The Morgan fingerprint density at radius 3 is 2.35 bits per heavy atom. The van der Waals surface area contributed by atoms with Crippen molar-refractivity contribution in [2.24, 2.45) is 0 Å². The van der Waals surface area contributed by atoms with Gasteiger partial charge in [-0.2, -0.15) is 4.39 Å². The number of piperazine rings is 1. The lowest BCUT2D eigenvalue weighted by atomic mass is 10.1. The fraction of sp³-hybridized carbons (Fsp3) is 0.333. The molecule has 1 aliphatic heterocycles. The summed E-state index contributed by atoms with van der Waals surface area (Å²) < 4.78 is 46.0. The summed E-state index contributed by atoms with van der Waals surface area (Å²) in [7, 11) is 0. The van der Waals surface area contributed by atoms with Crippen LogP contribution in [0, 0.1) is 17.5 Å². The molecule has 2 amide bonds. The molecule has 3 aromatic carbocycles. The van der Waals surface area contributed by atoms with E-state index in [0.29, 0.717) is 42.7 Å². The molecular weight excluding hydrogens is 543 g/mol. The first kappa shape index (κ1) is 28.0. The van der Waals surface area contributed by atoms with Gasteiger partial charge in [-0.25, -0.2) is 8.78 Å². The number of benzene rings is 3. The number of hydrogen-bond donors (Lipinski definition) is 1. The Balaban J connectivity index is 1.23. The molecular formula is C30H29ClF3N3O3. The van der Waals surface area contributed by atoms with Gasteiger partial charge < -0.3 is 15.0 Å². The Hall–Kier alpha value is -3.56. The van der Waals surface area contributed by atoms with E-state index in [2.05, 4.69) is 5.32 Å². The third-order valence-corrected chi connectivity index (χ3v) is 7.34. The number of halogens is 4. The molecule has 1 saturated heterocycles. The van der Waals surface area contributed by atoms with Crippen LogP contribution in [0.2, 0.25) is 5.02 Å². The minimum Gasteiger partial charge on any atom is -0.488 e. The second-order valence-electron chi connectivity index (χ2n) is 10.0. The number of nitrogens with zero attached hydrogens (tertiary/aromatic N) is 2. The second kappa shape index (κ2) is 12.3. The van der Waals surface area contributed by atoms with Gasteiger partial charge in [-0.1, -0.05) is 35.9 Å². The zero-order chi connectivity index (χ0) is 28.2. The molecule has 1 aliphatic carbocycles. The number of anilines is 1. The highest BCUT2D eigenvalue weighted by Gasteiger charge is 2.41. The molecule has 0 spiro atoms. The second-order valence-corrected chi connectivity index (χ2v) is 10.5. The van der Waals surface area contributed by atoms with Crippen LogP contribution in [-0.4, -0.2) is 48.5 Å². The maximum absolute atomic E-state index is 13.8. The van der Waals surface area contributed by atoms with E-state index in [-0.39, 0.29) is 31.0 Å². The van der Waals surface area contributed by atoms with Gasteiger partial charge in [0.25, 0.3) is 0 Å². The van der Waals surface area contributed by atoms with E-state index in [1.165, 1.54) is 0 Å². The van der Waals surface area contributed by atoms with Gasteiger partial charge >= 0.3 is 0 Å². The summed E-state index contributed by atoms with van der Waals surface area (Å²) in [5.74, 6) is -4.48. The SMILES string of the molecule is O=C([C@H]1CNCC(=O)N1c1ccc(CCCOc2c(F)ccc(F)c2F)cc1)N(Cc1ccc(Cl)cc1)C1CC1. The van der Waals surface area contributed by atoms with Crippen molar-refractivity contribution in [1.29, 1.82) is 0 Å². The standard InChI is InChI=1S/C30H29ClF3N3O3/c31-21-7-3-20(4-8-21)18-36(22-11-12-22)30(39)26-16-35-17-27(38)37(26)23-9-5-19(6-10-23)2-1-15-40-29-25(33)14-13-24(32)28(29)34/h3-10,13-14,22,26,35H,1-2,11-12,15-18H2/t26-/m1/s1. The van der Waals surface area contributed by atoms with Gasteiger partial charge in [0, 0.05) is 29.8 Å². The van der Waals surface area contributed by atoms with Crippen molar-refractivity contribution in [3.8, 4) is 5.75 Å². The molecule has 5 rings (SSSR count). The molecule has 40 heavy (non-hydrogen) atoms. The molecule has 1 heterocycles. The van der Waals surface area contributed by atoms with Crippen LogP contribution < -0.4 is 15.0 Å². The van der Waals surface area contributed by atoms with Crippen LogP contribution in [0.1, 0.15) is 30.4 Å². The third-order valence-electron chi connectivity index (χ3n) is 7.09. The number of carbonyl (C=O) groups excluding carboxylic acids is 2. The van der Waals surface area contributed by atoms with E-state index in [4.69, 9.17) is 16.3 Å². The molecule has 0 bridgehead atoms. The van der Waals surface area contributed by atoms with Crippen LogP contribution in [0.3, 0.4) is 0 Å². The predicted molar refractivity (Wildman–Crippen MR) is 146 cm³/mol. The Morgan fingerprint density at radius 1 is 0.975 bits per heavy atom. The summed E-state index contributed by atoms with van der Waals surface area (Å²) in [5, 5.41) is 3.71. The van der Waals surface area contributed by atoms with Gasteiger partial charge in [0.15, 0.2) is 17.4 Å².